The van der Waals surface area contributed by atoms with Crippen molar-refractivity contribution in [2.75, 3.05) is 7.11 Å². The number of benzene rings is 1. The molecule has 4 nitrogen and oxygen atoms in total. The van der Waals surface area contributed by atoms with Crippen LogP contribution in [0.1, 0.15) is 37.3 Å². The van der Waals surface area contributed by atoms with Crippen molar-refractivity contribution >= 4 is 12.4 Å². The van der Waals surface area contributed by atoms with Gasteiger partial charge in [-0.25, -0.2) is 0 Å². The van der Waals surface area contributed by atoms with Crippen LogP contribution in [0.25, 0.3) is 0 Å². The van der Waals surface area contributed by atoms with Gasteiger partial charge in [0, 0.05) is 11.6 Å². The van der Waals surface area contributed by atoms with E-state index in [0.717, 1.165) is 18.4 Å². The van der Waals surface area contributed by atoms with E-state index in [2.05, 4.69) is 0 Å². The number of phenolic OH excluding ortho intramolecular Hbond substituents is 1. The van der Waals surface area contributed by atoms with Gasteiger partial charge < -0.3 is 20.7 Å². The number of aliphatic hydroxyl groups excluding tert-OH is 1. The van der Waals surface area contributed by atoms with Gasteiger partial charge in [-0.15, -0.1) is 12.4 Å². The normalized spacial score (nSPS) is 18.7. The van der Waals surface area contributed by atoms with Crippen molar-refractivity contribution in [1.82, 2.24) is 0 Å². The molecular weight excluding hydrogens is 266 g/mol. The Balaban J connectivity index is 0.00000180. The van der Waals surface area contributed by atoms with E-state index in [1.54, 1.807) is 12.1 Å². The molecule has 19 heavy (non-hydrogen) atoms. The number of methoxy groups -OCH3 is 1. The fourth-order valence-electron chi connectivity index (χ4n) is 2.75. The predicted octanol–water partition coefficient (Wildman–Crippen LogP) is 2.37. The molecule has 1 aliphatic rings. The van der Waals surface area contributed by atoms with E-state index in [1.165, 1.54) is 26.0 Å². The zero-order valence-corrected chi connectivity index (χ0v) is 11.9. The summed E-state index contributed by atoms with van der Waals surface area (Å²) in [6, 6.07) is 4.34. The summed E-state index contributed by atoms with van der Waals surface area (Å²) < 4.78 is 5.21. The zero-order chi connectivity index (χ0) is 13.1. The molecule has 4 N–H and O–H groups in total. The molecular formula is C14H22ClNO3. The van der Waals surface area contributed by atoms with Crippen LogP contribution in [0.15, 0.2) is 18.2 Å². The molecule has 0 radical (unpaired) electrons. The lowest BCUT2D eigenvalue weighted by Gasteiger charge is -2.25. The minimum Gasteiger partial charge on any atom is -0.508 e. The molecule has 0 heterocycles. The molecule has 1 fully saturated rings. The third kappa shape index (κ3) is 3.53. The molecule has 0 unspecified atom stereocenters. The standard InChI is InChI=1S/C14H21NO3.ClH/c1-18-12-8-10(16)6-7-11(12)13(15)14(17)9-4-2-3-5-9;/h6-9,13-14,16-17H,2-5,15H2,1H3;1H/t13-,14+;/m1./s1. The van der Waals surface area contributed by atoms with Crippen LogP contribution in [-0.2, 0) is 0 Å². The first-order valence-corrected chi connectivity index (χ1v) is 6.44. The van der Waals surface area contributed by atoms with Crippen molar-refractivity contribution in [2.45, 2.75) is 37.8 Å². The lowest BCUT2D eigenvalue weighted by molar-refractivity contribution is 0.0836. The first-order valence-electron chi connectivity index (χ1n) is 6.44. The number of hydrogen-bond donors (Lipinski definition) is 3. The lowest BCUT2D eigenvalue weighted by Crippen LogP contribution is -2.32. The Morgan fingerprint density at radius 3 is 2.53 bits per heavy atom. The Kier molecular flexibility index (Phi) is 5.91. The Bertz CT molecular complexity index is 408. The SMILES string of the molecule is COc1cc(O)ccc1[C@@H](N)[C@@H](O)C1CCCC1.Cl. The molecule has 2 atom stereocenters. The first-order chi connectivity index (χ1) is 8.63. The van der Waals surface area contributed by atoms with Gasteiger partial charge in [-0.3, -0.25) is 0 Å². The highest BCUT2D eigenvalue weighted by molar-refractivity contribution is 5.85. The fraction of sp³-hybridized carbons (Fsp3) is 0.571. The average Bonchev–Trinajstić information content (AvgIpc) is 2.90. The summed E-state index contributed by atoms with van der Waals surface area (Å²) in [5.41, 5.74) is 6.88. The highest BCUT2D eigenvalue weighted by Crippen LogP contribution is 2.36. The smallest absolute Gasteiger partial charge is 0.127 e. The van der Waals surface area contributed by atoms with Crippen LogP contribution < -0.4 is 10.5 Å². The summed E-state index contributed by atoms with van der Waals surface area (Å²) in [5.74, 6) is 0.941. The van der Waals surface area contributed by atoms with Crippen molar-refractivity contribution in [3.05, 3.63) is 23.8 Å². The molecule has 1 aromatic carbocycles. The maximum absolute atomic E-state index is 10.3. The number of nitrogens with two attached hydrogens (primary N) is 1. The number of aromatic hydroxyl groups is 1. The summed E-state index contributed by atoms with van der Waals surface area (Å²) in [4.78, 5) is 0. The molecule has 0 aromatic heterocycles. The van der Waals surface area contributed by atoms with Crippen molar-refractivity contribution in [2.24, 2.45) is 11.7 Å². The molecule has 1 saturated carbocycles. The van der Waals surface area contributed by atoms with E-state index >= 15 is 0 Å². The highest BCUT2D eigenvalue weighted by atomic mass is 35.5. The number of aliphatic hydroxyl groups is 1. The minimum absolute atomic E-state index is 0. The van der Waals surface area contributed by atoms with Gasteiger partial charge in [0.25, 0.3) is 0 Å². The summed E-state index contributed by atoms with van der Waals surface area (Å²) in [6.07, 6.45) is 3.86. The first kappa shape index (κ1) is 16.1. The quantitative estimate of drug-likeness (QED) is 0.795. The summed E-state index contributed by atoms with van der Waals surface area (Å²) in [5, 5.41) is 19.7. The van der Waals surface area contributed by atoms with E-state index < -0.39 is 12.1 Å². The van der Waals surface area contributed by atoms with Crippen LogP contribution >= 0.6 is 12.4 Å². The maximum Gasteiger partial charge on any atom is 0.127 e. The Hall–Kier alpha value is -0.970. The molecule has 1 aromatic rings. The van der Waals surface area contributed by atoms with Crippen LogP contribution in [0.4, 0.5) is 0 Å². The van der Waals surface area contributed by atoms with Gasteiger partial charge in [0.1, 0.15) is 11.5 Å². The Morgan fingerprint density at radius 1 is 1.32 bits per heavy atom. The molecule has 5 heteroatoms. The molecule has 0 saturated heterocycles. The van der Waals surface area contributed by atoms with Gasteiger partial charge >= 0.3 is 0 Å². The Morgan fingerprint density at radius 2 is 1.95 bits per heavy atom. The molecule has 0 aliphatic heterocycles. The third-order valence-electron chi connectivity index (χ3n) is 3.83. The molecule has 0 spiro atoms. The van der Waals surface area contributed by atoms with Crippen LogP contribution in [0.5, 0.6) is 11.5 Å². The highest BCUT2D eigenvalue weighted by Gasteiger charge is 2.30. The second-order valence-corrected chi connectivity index (χ2v) is 4.99. The van der Waals surface area contributed by atoms with Gasteiger partial charge in [-0.1, -0.05) is 12.8 Å². The van der Waals surface area contributed by atoms with E-state index in [1.807, 2.05) is 0 Å². The van der Waals surface area contributed by atoms with E-state index in [4.69, 9.17) is 10.5 Å². The topological polar surface area (TPSA) is 75.7 Å². The molecule has 108 valence electrons. The average molecular weight is 288 g/mol. The molecule has 0 amide bonds. The van der Waals surface area contributed by atoms with Crippen molar-refractivity contribution in [1.29, 1.82) is 0 Å². The van der Waals surface area contributed by atoms with E-state index in [9.17, 15) is 10.2 Å². The minimum atomic E-state index is -0.550. The maximum atomic E-state index is 10.3. The largest absolute Gasteiger partial charge is 0.508 e. The monoisotopic (exact) mass is 287 g/mol. The summed E-state index contributed by atoms with van der Waals surface area (Å²) in [7, 11) is 1.53. The second kappa shape index (κ2) is 6.98. The Labute approximate surface area is 120 Å². The number of hydrogen-bond acceptors (Lipinski definition) is 4. The van der Waals surface area contributed by atoms with Gasteiger partial charge in [-0.05, 0) is 30.9 Å². The number of halogens is 1. The van der Waals surface area contributed by atoms with Gasteiger partial charge in [0.15, 0.2) is 0 Å². The zero-order valence-electron chi connectivity index (χ0n) is 11.1. The van der Waals surface area contributed by atoms with Gasteiger partial charge in [0.2, 0.25) is 0 Å². The fourth-order valence-corrected chi connectivity index (χ4v) is 2.75. The molecule has 1 aliphatic carbocycles. The second-order valence-electron chi connectivity index (χ2n) is 4.99. The van der Waals surface area contributed by atoms with Crippen molar-refractivity contribution in [3.63, 3.8) is 0 Å². The summed E-state index contributed by atoms with van der Waals surface area (Å²) in [6.45, 7) is 0. The van der Waals surface area contributed by atoms with Crippen molar-refractivity contribution in [3.8, 4) is 11.5 Å². The van der Waals surface area contributed by atoms with Gasteiger partial charge in [-0.2, -0.15) is 0 Å². The number of phenols is 1. The number of rotatable bonds is 4. The molecule has 2 rings (SSSR count). The van der Waals surface area contributed by atoms with Crippen LogP contribution in [0, 0.1) is 5.92 Å². The van der Waals surface area contributed by atoms with Crippen LogP contribution in [-0.4, -0.2) is 23.4 Å². The van der Waals surface area contributed by atoms with Crippen molar-refractivity contribution < 1.29 is 14.9 Å². The lowest BCUT2D eigenvalue weighted by atomic mass is 9.90. The van der Waals surface area contributed by atoms with Gasteiger partial charge in [0.05, 0.1) is 19.3 Å². The third-order valence-corrected chi connectivity index (χ3v) is 3.83. The van der Waals surface area contributed by atoms with E-state index in [0.29, 0.717) is 5.75 Å². The van der Waals surface area contributed by atoms with Crippen LogP contribution in [0.3, 0.4) is 0 Å². The summed E-state index contributed by atoms with van der Waals surface area (Å²) >= 11 is 0. The number of ether oxygens (including phenoxy) is 1. The van der Waals surface area contributed by atoms with Crippen LogP contribution in [0.2, 0.25) is 0 Å². The van der Waals surface area contributed by atoms with E-state index in [-0.39, 0.29) is 24.1 Å². The molecule has 0 bridgehead atoms. The predicted molar refractivity (Wildman–Crippen MR) is 76.8 cm³/mol.